The van der Waals surface area contributed by atoms with Crippen LogP contribution in [0.1, 0.15) is 27.2 Å². The Balaban J connectivity index is 1.71. The van der Waals surface area contributed by atoms with Gasteiger partial charge >= 0.3 is 6.18 Å². The molecule has 1 aromatic carbocycles. The van der Waals surface area contributed by atoms with Crippen molar-refractivity contribution in [3.05, 3.63) is 83.3 Å². The second-order valence-corrected chi connectivity index (χ2v) is 6.32. The number of anilines is 2. The fourth-order valence-electron chi connectivity index (χ4n) is 2.67. The van der Waals surface area contributed by atoms with Crippen molar-refractivity contribution < 1.29 is 18.0 Å². The molecule has 2 heterocycles. The number of hydrogen-bond donors (Lipinski definition) is 1. The molecule has 0 bridgehead atoms. The molecule has 0 saturated heterocycles. The normalized spacial score (nSPS) is 10.9. The summed E-state index contributed by atoms with van der Waals surface area (Å²) in [6, 6.07) is 13.8. The Labute approximate surface area is 170 Å². The van der Waals surface area contributed by atoms with Gasteiger partial charge in [-0.15, -0.1) is 0 Å². The Morgan fingerprint density at radius 2 is 1.77 bits per heavy atom. The smallest absolute Gasteiger partial charge is 0.365 e. The molecule has 1 amide bonds. The Kier molecular flexibility index (Phi) is 5.97. The van der Waals surface area contributed by atoms with Gasteiger partial charge in [0.15, 0.2) is 0 Å². The highest BCUT2D eigenvalue weighted by atomic mass is 19.4. The lowest BCUT2D eigenvalue weighted by molar-refractivity contribution is -0.141. The second-order valence-electron chi connectivity index (χ2n) is 6.32. The van der Waals surface area contributed by atoms with Gasteiger partial charge in [0.05, 0.1) is 5.56 Å². The number of benzene rings is 1. The van der Waals surface area contributed by atoms with Gasteiger partial charge in [0.1, 0.15) is 17.6 Å². The highest BCUT2D eigenvalue weighted by molar-refractivity contribution is 6.05. The monoisotopic (exact) mass is 411 g/mol. The standard InChI is InChI=1S/C21H16F3N5O/c1-29(20(30)15-8-10-26-11-9-15)17-5-2-14(3-6-17)13-27-19-16(12-25)4-7-18(28-19)21(22,23)24/h2-11H,13H2,1H3,(H,27,28). The topological polar surface area (TPSA) is 81.9 Å². The minimum Gasteiger partial charge on any atom is -0.365 e. The molecule has 9 heteroatoms. The van der Waals surface area contributed by atoms with Crippen LogP contribution in [0.2, 0.25) is 0 Å². The van der Waals surface area contributed by atoms with Crippen LogP contribution in [0.25, 0.3) is 0 Å². The molecule has 6 nitrogen and oxygen atoms in total. The van der Waals surface area contributed by atoms with Gasteiger partial charge in [-0.05, 0) is 42.0 Å². The molecule has 0 radical (unpaired) electrons. The zero-order valence-corrected chi connectivity index (χ0v) is 15.8. The van der Waals surface area contributed by atoms with Gasteiger partial charge in [-0.2, -0.15) is 18.4 Å². The summed E-state index contributed by atoms with van der Waals surface area (Å²) >= 11 is 0. The molecule has 3 aromatic rings. The van der Waals surface area contributed by atoms with E-state index in [1.54, 1.807) is 43.4 Å². The lowest BCUT2D eigenvalue weighted by atomic mass is 10.1. The van der Waals surface area contributed by atoms with Gasteiger partial charge in [-0.1, -0.05) is 12.1 Å². The second kappa shape index (κ2) is 8.61. The van der Waals surface area contributed by atoms with Crippen LogP contribution < -0.4 is 10.2 Å². The lowest BCUT2D eigenvalue weighted by Crippen LogP contribution is -2.26. The third kappa shape index (κ3) is 4.72. The number of halogens is 3. The van der Waals surface area contributed by atoms with Crippen LogP contribution in [-0.2, 0) is 12.7 Å². The number of nitrogens with zero attached hydrogens (tertiary/aromatic N) is 4. The molecule has 0 atom stereocenters. The largest absolute Gasteiger partial charge is 0.433 e. The van der Waals surface area contributed by atoms with E-state index in [4.69, 9.17) is 5.26 Å². The molecule has 30 heavy (non-hydrogen) atoms. The number of pyridine rings is 2. The number of carbonyl (C=O) groups excluding carboxylic acids is 1. The molecular formula is C21H16F3N5O. The van der Waals surface area contributed by atoms with Crippen molar-refractivity contribution in [2.24, 2.45) is 0 Å². The van der Waals surface area contributed by atoms with Crippen LogP contribution in [0.3, 0.4) is 0 Å². The van der Waals surface area contributed by atoms with Crippen molar-refractivity contribution in [3.8, 4) is 6.07 Å². The maximum Gasteiger partial charge on any atom is 0.433 e. The molecule has 3 rings (SSSR count). The molecule has 0 spiro atoms. The van der Waals surface area contributed by atoms with Crippen molar-refractivity contribution in [2.75, 3.05) is 17.3 Å². The van der Waals surface area contributed by atoms with Gasteiger partial charge in [0.25, 0.3) is 5.91 Å². The first-order valence-corrected chi connectivity index (χ1v) is 8.79. The van der Waals surface area contributed by atoms with E-state index >= 15 is 0 Å². The van der Waals surface area contributed by atoms with E-state index in [1.807, 2.05) is 6.07 Å². The van der Waals surface area contributed by atoms with E-state index in [-0.39, 0.29) is 23.8 Å². The molecule has 152 valence electrons. The maximum absolute atomic E-state index is 12.9. The van der Waals surface area contributed by atoms with E-state index < -0.39 is 11.9 Å². The summed E-state index contributed by atoms with van der Waals surface area (Å²) in [4.78, 5) is 21.4. The lowest BCUT2D eigenvalue weighted by Gasteiger charge is -2.18. The molecule has 1 N–H and O–H groups in total. The predicted molar refractivity (Wildman–Crippen MR) is 105 cm³/mol. The van der Waals surface area contributed by atoms with Crippen molar-refractivity contribution in [1.29, 1.82) is 5.26 Å². The van der Waals surface area contributed by atoms with Crippen LogP contribution in [0.5, 0.6) is 0 Å². The molecule has 0 fully saturated rings. The average Bonchev–Trinajstić information content (AvgIpc) is 2.76. The first-order valence-electron chi connectivity index (χ1n) is 8.79. The summed E-state index contributed by atoms with van der Waals surface area (Å²) in [5.41, 5.74) is 0.831. The van der Waals surface area contributed by atoms with Gasteiger partial charge < -0.3 is 10.2 Å². The molecule has 2 aromatic heterocycles. The minimum absolute atomic E-state index is 0.0160. The zero-order chi connectivity index (χ0) is 21.7. The molecule has 0 aliphatic heterocycles. The summed E-state index contributed by atoms with van der Waals surface area (Å²) < 4.78 is 38.6. The number of nitrogens with one attached hydrogen (secondary N) is 1. The van der Waals surface area contributed by atoms with E-state index in [0.29, 0.717) is 11.3 Å². The van der Waals surface area contributed by atoms with Crippen LogP contribution in [-0.4, -0.2) is 22.9 Å². The summed E-state index contributed by atoms with van der Waals surface area (Å²) in [6.45, 7) is 0.158. The minimum atomic E-state index is -4.60. The summed E-state index contributed by atoms with van der Waals surface area (Å²) in [5.74, 6) is -0.337. The molecule has 0 aliphatic rings. The molecule has 0 aliphatic carbocycles. The number of hydrogen-bond acceptors (Lipinski definition) is 5. The number of nitriles is 1. The first kappa shape index (κ1) is 20.8. The molecular weight excluding hydrogens is 395 g/mol. The summed E-state index contributed by atoms with van der Waals surface area (Å²) in [7, 11) is 1.64. The third-order valence-corrected chi connectivity index (χ3v) is 4.32. The number of carbonyl (C=O) groups is 1. The number of amides is 1. The zero-order valence-electron chi connectivity index (χ0n) is 15.8. The van der Waals surface area contributed by atoms with Crippen molar-refractivity contribution in [1.82, 2.24) is 9.97 Å². The summed E-state index contributed by atoms with van der Waals surface area (Å²) in [5, 5.41) is 11.9. The van der Waals surface area contributed by atoms with E-state index in [2.05, 4.69) is 15.3 Å². The molecule has 0 saturated carbocycles. The quantitative estimate of drug-likeness (QED) is 0.679. The van der Waals surface area contributed by atoms with Crippen LogP contribution in [0.4, 0.5) is 24.7 Å². The van der Waals surface area contributed by atoms with Crippen molar-refractivity contribution >= 4 is 17.4 Å². The fourth-order valence-corrected chi connectivity index (χ4v) is 2.67. The average molecular weight is 411 g/mol. The van der Waals surface area contributed by atoms with Crippen LogP contribution in [0, 0.1) is 11.3 Å². The summed E-state index contributed by atoms with van der Waals surface area (Å²) in [6.07, 6.45) is -1.53. The Morgan fingerprint density at radius 3 is 2.37 bits per heavy atom. The van der Waals surface area contributed by atoms with Crippen molar-refractivity contribution in [3.63, 3.8) is 0 Å². The Hall–Kier alpha value is -3.93. The van der Waals surface area contributed by atoms with Crippen LogP contribution in [0.15, 0.2) is 60.9 Å². The Bertz CT molecular complexity index is 1080. The third-order valence-electron chi connectivity index (χ3n) is 4.32. The number of alkyl halides is 3. The first-order chi connectivity index (χ1) is 14.3. The molecule has 0 unspecified atom stereocenters. The van der Waals surface area contributed by atoms with Crippen molar-refractivity contribution in [2.45, 2.75) is 12.7 Å². The van der Waals surface area contributed by atoms with E-state index in [0.717, 1.165) is 17.7 Å². The van der Waals surface area contributed by atoms with Crippen LogP contribution >= 0.6 is 0 Å². The van der Waals surface area contributed by atoms with E-state index in [1.165, 1.54) is 17.3 Å². The highest BCUT2D eigenvalue weighted by Gasteiger charge is 2.33. The maximum atomic E-state index is 12.9. The highest BCUT2D eigenvalue weighted by Crippen LogP contribution is 2.29. The van der Waals surface area contributed by atoms with Gasteiger partial charge in [0, 0.05) is 37.2 Å². The van der Waals surface area contributed by atoms with E-state index in [9.17, 15) is 18.0 Å². The van der Waals surface area contributed by atoms with Gasteiger partial charge in [-0.3, -0.25) is 9.78 Å². The van der Waals surface area contributed by atoms with Gasteiger partial charge in [0.2, 0.25) is 0 Å². The predicted octanol–water partition coefficient (Wildman–Crippen LogP) is 4.26. The fraction of sp³-hybridized carbons (Fsp3) is 0.143. The Morgan fingerprint density at radius 1 is 1.10 bits per heavy atom. The number of aromatic nitrogens is 2. The SMILES string of the molecule is CN(C(=O)c1ccncc1)c1ccc(CNc2nc(C(F)(F)F)ccc2C#N)cc1. The number of rotatable bonds is 5. The van der Waals surface area contributed by atoms with Gasteiger partial charge in [-0.25, -0.2) is 4.98 Å².